The van der Waals surface area contributed by atoms with Gasteiger partial charge in [-0.05, 0) is 30.7 Å². The monoisotopic (exact) mass is 282 g/mol. The Kier molecular flexibility index (Phi) is 3.31. The van der Waals surface area contributed by atoms with E-state index in [-0.39, 0.29) is 5.56 Å². The zero-order valence-corrected chi connectivity index (χ0v) is 11.5. The molecule has 0 atom stereocenters. The first-order valence-electron chi connectivity index (χ1n) is 6.53. The van der Waals surface area contributed by atoms with Crippen molar-refractivity contribution in [3.63, 3.8) is 0 Å². The van der Waals surface area contributed by atoms with Crippen LogP contribution in [0, 0.1) is 6.92 Å². The highest BCUT2D eigenvalue weighted by atomic mass is 16.5. The van der Waals surface area contributed by atoms with E-state index in [0.29, 0.717) is 17.9 Å². The number of hydrogen-bond donors (Lipinski definition) is 1. The Hall–Kier alpha value is -2.82. The highest BCUT2D eigenvalue weighted by molar-refractivity contribution is 5.94. The standard InChI is InChI=1S/C16H14N2O3/c1-11-5-2-3-7-14(11)21-10-12-9-18-8-4-6-13(16(19)20)15(18)17-12/h2-9H,10H2,1H3,(H,19,20). The molecule has 0 aliphatic rings. The summed E-state index contributed by atoms with van der Waals surface area (Å²) in [5, 5.41) is 9.15. The predicted molar refractivity (Wildman–Crippen MR) is 77.7 cm³/mol. The average Bonchev–Trinajstić information content (AvgIpc) is 2.88. The number of imidazole rings is 1. The van der Waals surface area contributed by atoms with Gasteiger partial charge in [-0.3, -0.25) is 0 Å². The van der Waals surface area contributed by atoms with Gasteiger partial charge in [0, 0.05) is 12.4 Å². The fourth-order valence-electron chi connectivity index (χ4n) is 2.17. The van der Waals surface area contributed by atoms with Crippen molar-refractivity contribution in [3.8, 4) is 5.75 Å². The van der Waals surface area contributed by atoms with Gasteiger partial charge < -0.3 is 14.2 Å². The van der Waals surface area contributed by atoms with E-state index in [0.717, 1.165) is 11.3 Å². The fourth-order valence-corrected chi connectivity index (χ4v) is 2.17. The van der Waals surface area contributed by atoms with E-state index in [1.54, 1.807) is 22.9 Å². The largest absolute Gasteiger partial charge is 0.487 e. The van der Waals surface area contributed by atoms with Crippen LogP contribution in [-0.4, -0.2) is 20.5 Å². The van der Waals surface area contributed by atoms with E-state index >= 15 is 0 Å². The SMILES string of the molecule is Cc1ccccc1OCc1cn2cccc(C(=O)O)c2n1. The minimum atomic E-state index is -0.988. The number of aromatic nitrogens is 2. The molecule has 5 heteroatoms. The summed E-state index contributed by atoms with van der Waals surface area (Å²) >= 11 is 0. The van der Waals surface area contributed by atoms with Crippen LogP contribution in [0.4, 0.5) is 0 Å². The Labute approximate surface area is 121 Å². The van der Waals surface area contributed by atoms with Crippen LogP contribution in [0.15, 0.2) is 48.8 Å². The number of pyridine rings is 1. The Morgan fingerprint density at radius 2 is 2.10 bits per heavy atom. The maximum absolute atomic E-state index is 11.2. The van der Waals surface area contributed by atoms with Crippen LogP contribution in [0.2, 0.25) is 0 Å². The summed E-state index contributed by atoms with van der Waals surface area (Å²) in [4.78, 5) is 15.5. The second-order valence-corrected chi connectivity index (χ2v) is 4.74. The van der Waals surface area contributed by atoms with Crippen LogP contribution in [0.1, 0.15) is 21.6 Å². The van der Waals surface area contributed by atoms with Crippen molar-refractivity contribution < 1.29 is 14.6 Å². The third-order valence-corrected chi connectivity index (χ3v) is 3.23. The molecule has 21 heavy (non-hydrogen) atoms. The lowest BCUT2D eigenvalue weighted by atomic mass is 10.2. The fraction of sp³-hybridized carbons (Fsp3) is 0.125. The molecule has 0 saturated carbocycles. The predicted octanol–water partition coefficient (Wildman–Crippen LogP) is 2.92. The van der Waals surface area contributed by atoms with E-state index < -0.39 is 5.97 Å². The van der Waals surface area contributed by atoms with Crippen molar-refractivity contribution >= 4 is 11.6 Å². The molecule has 0 saturated heterocycles. The van der Waals surface area contributed by atoms with Gasteiger partial charge in [-0.2, -0.15) is 0 Å². The molecule has 0 radical (unpaired) electrons. The lowest BCUT2D eigenvalue weighted by molar-refractivity contribution is 0.0698. The molecule has 2 heterocycles. The van der Waals surface area contributed by atoms with Crippen molar-refractivity contribution in [2.75, 3.05) is 0 Å². The van der Waals surface area contributed by atoms with Gasteiger partial charge in [0.15, 0.2) is 5.65 Å². The van der Waals surface area contributed by atoms with Gasteiger partial charge >= 0.3 is 5.97 Å². The lowest BCUT2D eigenvalue weighted by Crippen LogP contribution is -2.00. The molecule has 5 nitrogen and oxygen atoms in total. The van der Waals surface area contributed by atoms with E-state index in [4.69, 9.17) is 9.84 Å². The number of carboxylic acid groups (broad SMARTS) is 1. The quantitative estimate of drug-likeness (QED) is 0.799. The second-order valence-electron chi connectivity index (χ2n) is 4.74. The third kappa shape index (κ3) is 2.58. The molecule has 0 unspecified atom stereocenters. The van der Waals surface area contributed by atoms with Crippen LogP contribution < -0.4 is 4.74 Å². The first kappa shape index (κ1) is 13.2. The highest BCUT2D eigenvalue weighted by Gasteiger charge is 2.12. The number of carboxylic acids is 1. The number of nitrogens with zero attached hydrogens (tertiary/aromatic N) is 2. The minimum absolute atomic E-state index is 0.180. The van der Waals surface area contributed by atoms with Gasteiger partial charge in [0.05, 0.1) is 5.69 Å². The van der Waals surface area contributed by atoms with Crippen LogP contribution in [0.3, 0.4) is 0 Å². The van der Waals surface area contributed by atoms with Gasteiger partial charge in [0.2, 0.25) is 0 Å². The molecule has 2 aromatic heterocycles. The van der Waals surface area contributed by atoms with E-state index in [2.05, 4.69) is 4.98 Å². The summed E-state index contributed by atoms with van der Waals surface area (Å²) in [5.41, 5.74) is 2.34. The Morgan fingerprint density at radius 1 is 1.29 bits per heavy atom. The van der Waals surface area contributed by atoms with Gasteiger partial charge in [0.25, 0.3) is 0 Å². The van der Waals surface area contributed by atoms with E-state index in [1.807, 2.05) is 31.2 Å². The molecular formula is C16H14N2O3. The van der Waals surface area contributed by atoms with E-state index in [9.17, 15) is 4.79 Å². The zero-order valence-electron chi connectivity index (χ0n) is 11.5. The van der Waals surface area contributed by atoms with Crippen molar-refractivity contribution in [2.45, 2.75) is 13.5 Å². The van der Waals surface area contributed by atoms with Gasteiger partial charge in [-0.25, -0.2) is 9.78 Å². The molecule has 0 fully saturated rings. The number of aromatic carboxylic acids is 1. The van der Waals surface area contributed by atoms with Crippen molar-refractivity contribution in [1.82, 2.24) is 9.38 Å². The van der Waals surface area contributed by atoms with Crippen LogP contribution >= 0.6 is 0 Å². The van der Waals surface area contributed by atoms with Gasteiger partial charge in [0.1, 0.15) is 17.9 Å². The Bertz CT molecular complexity index is 808. The smallest absolute Gasteiger partial charge is 0.339 e. The first-order chi connectivity index (χ1) is 10.1. The Balaban J connectivity index is 1.87. The van der Waals surface area contributed by atoms with Crippen LogP contribution in [0.25, 0.3) is 5.65 Å². The molecule has 3 aromatic rings. The number of para-hydroxylation sites is 1. The van der Waals surface area contributed by atoms with Crippen molar-refractivity contribution in [1.29, 1.82) is 0 Å². The normalized spacial score (nSPS) is 10.7. The molecule has 1 aromatic carbocycles. The van der Waals surface area contributed by atoms with Crippen molar-refractivity contribution in [3.05, 3.63) is 65.6 Å². The Morgan fingerprint density at radius 3 is 2.86 bits per heavy atom. The molecule has 0 amide bonds. The lowest BCUT2D eigenvalue weighted by Gasteiger charge is -2.06. The number of carbonyl (C=O) groups is 1. The maximum atomic E-state index is 11.2. The molecule has 106 valence electrons. The summed E-state index contributed by atoms with van der Waals surface area (Å²) in [5.74, 6) is -0.189. The molecule has 3 rings (SSSR count). The van der Waals surface area contributed by atoms with Crippen LogP contribution in [0.5, 0.6) is 5.75 Å². The maximum Gasteiger partial charge on any atom is 0.339 e. The number of rotatable bonds is 4. The topological polar surface area (TPSA) is 63.8 Å². The summed E-state index contributed by atoms with van der Waals surface area (Å²) in [6.07, 6.45) is 3.55. The van der Waals surface area contributed by atoms with Crippen molar-refractivity contribution in [2.24, 2.45) is 0 Å². The molecule has 1 N–H and O–H groups in total. The number of aryl methyl sites for hydroxylation is 1. The number of hydrogen-bond acceptors (Lipinski definition) is 3. The average molecular weight is 282 g/mol. The number of fused-ring (bicyclic) bond motifs is 1. The molecule has 0 aliphatic carbocycles. The summed E-state index contributed by atoms with van der Waals surface area (Å²) < 4.78 is 7.42. The molecule has 0 bridgehead atoms. The summed E-state index contributed by atoms with van der Waals surface area (Å²) in [7, 11) is 0. The molecule has 0 aliphatic heterocycles. The highest BCUT2D eigenvalue weighted by Crippen LogP contribution is 2.18. The second kappa shape index (κ2) is 5.28. The summed E-state index contributed by atoms with van der Waals surface area (Å²) in [6, 6.07) is 11.0. The number of ether oxygens (including phenoxy) is 1. The van der Waals surface area contributed by atoms with Gasteiger partial charge in [-0.15, -0.1) is 0 Å². The van der Waals surface area contributed by atoms with Gasteiger partial charge in [-0.1, -0.05) is 18.2 Å². The zero-order chi connectivity index (χ0) is 14.8. The molecule has 0 spiro atoms. The third-order valence-electron chi connectivity index (χ3n) is 3.23. The summed E-state index contributed by atoms with van der Waals surface area (Å²) in [6.45, 7) is 2.27. The minimum Gasteiger partial charge on any atom is -0.487 e. The first-order valence-corrected chi connectivity index (χ1v) is 6.53. The molecular weight excluding hydrogens is 268 g/mol. The van der Waals surface area contributed by atoms with E-state index in [1.165, 1.54) is 6.07 Å². The van der Waals surface area contributed by atoms with Crippen LogP contribution in [-0.2, 0) is 6.61 Å². The number of benzene rings is 1.